The summed E-state index contributed by atoms with van der Waals surface area (Å²) in [4.78, 5) is 15.2. The van der Waals surface area contributed by atoms with Crippen molar-refractivity contribution in [2.24, 2.45) is 0 Å². The Balaban J connectivity index is 1.85. The summed E-state index contributed by atoms with van der Waals surface area (Å²) in [6.07, 6.45) is 0. The van der Waals surface area contributed by atoms with Gasteiger partial charge in [-0.3, -0.25) is 9.69 Å². The van der Waals surface area contributed by atoms with E-state index in [-0.39, 0.29) is 11.9 Å². The van der Waals surface area contributed by atoms with E-state index in [4.69, 9.17) is 4.74 Å². The van der Waals surface area contributed by atoms with E-state index in [9.17, 15) is 4.79 Å². The van der Waals surface area contributed by atoms with E-state index in [1.165, 1.54) is 0 Å². The van der Waals surface area contributed by atoms with Gasteiger partial charge in [0.05, 0.1) is 13.2 Å². The molecule has 4 nitrogen and oxygen atoms in total. The predicted molar refractivity (Wildman–Crippen MR) is 96.1 cm³/mol. The van der Waals surface area contributed by atoms with Gasteiger partial charge in [-0.1, -0.05) is 36.4 Å². The molecule has 1 heterocycles. The van der Waals surface area contributed by atoms with Crippen molar-refractivity contribution in [3.05, 3.63) is 65.2 Å². The average Bonchev–Trinajstić information content (AvgIpc) is 2.56. The molecular weight excluding hydrogens is 300 g/mol. The normalized spacial score (nSPS) is 16.6. The third-order valence-electron chi connectivity index (χ3n) is 4.26. The summed E-state index contributed by atoms with van der Waals surface area (Å²) in [5.74, 6) is 0.00750. The van der Waals surface area contributed by atoms with Crippen molar-refractivity contribution in [2.45, 2.75) is 19.9 Å². The van der Waals surface area contributed by atoms with Crippen molar-refractivity contribution in [2.75, 3.05) is 31.6 Å². The van der Waals surface area contributed by atoms with Gasteiger partial charge in [0.15, 0.2) is 0 Å². The largest absolute Gasteiger partial charge is 0.379 e. The second-order valence-electron chi connectivity index (χ2n) is 6.33. The number of carbonyl (C=O) groups excluding carboxylic acids is 1. The van der Waals surface area contributed by atoms with Crippen LogP contribution in [0.5, 0.6) is 0 Å². The molecule has 1 atom stereocenters. The molecule has 1 saturated heterocycles. The molecule has 0 aromatic heterocycles. The molecule has 2 aromatic rings. The molecule has 0 unspecified atom stereocenters. The number of aryl methyl sites for hydroxylation is 2. The van der Waals surface area contributed by atoms with Crippen LogP contribution in [0.4, 0.5) is 5.69 Å². The highest BCUT2D eigenvalue weighted by Gasteiger charge is 2.29. The molecule has 1 aliphatic rings. The van der Waals surface area contributed by atoms with E-state index >= 15 is 0 Å². The van der Waals surface area contributed by atoms with E-state index in [0.717, 1.165) is 35.5 Å². The second kappa shape index (κ2) is 7.60. The van der Waals surface area contributed by atoms with Crippen LogP contribution in [0.15, 0.2) is 48.5 Å². The Bertz CT molecular complexity index is 674. The lowest BCUT2D eigenvalue weighted by molar-refractivity contribution is -0.123. The Morgan fingerprint density at radius 1 is 1.04 bits per heavy atom. The molecule has 1 N–H and O–H groups in total. The molecule has 0 aliphatic carbocycles. The van der Waals surface area contributed by atoms with Crippen LogP contribution in [-0.4, -0.2) is 37.1 Å². The van der Waals surface area contributed by atoms with E-state index in [2.05, 4.69) is 16.3 Å². The zero-order valence-electron chi connectivity index (χ0n) is 14.3. The Labute approximate surface area is 143 Å². The number of rotatable bonds is 4. The predicted octanol–water partition coefficient (Wildman–Crippen LogP) is 3.32. The van der Waals surface area contributed by atoms with Crippen LogP contribution in [0.3, 0.4) is 0 Å². The number of nitrogens with zero attached hydrogens (tertiary/aromatic N) is 1. The molecule has 1 fully saturated rings. The fourth-order valence-corrected chi connectivity index (χ4v) is 3.26. The quantitative estimate of drug-likeness (QED) is 0.938. The number of benzene rings is 2. The first-order chi connectivity index (χ1) is 11.6. The van der Waals surface area contributed by atoms with Gasteiger partial charge in [-0.15, -0.1) is 0 Å². The van der Waals surface area contributed by atoms with Crippen LogP contribution in [0.2, 0.25) is 0 Å². The zero-order chi connectivity index (χ0) is 16.9. The maximum absolute atomic E-state index is 13.0. The topological polar surface area (TPSA) is 41.6 Å². The van der Waals surface area contributed by atoms with E-state index < -0.39 is 0 Å². The molecule has 4 heteroatoms. The van der Waals surface area contributed by atoms with Gasteiger partial charge in [0.25, 0.3) is 0 Å². The summed E-state index contributed by atoms with van der Waals surface area (Å²) in [7, 11) is 0. The molecule has 126 valence electrons. The maximum atomic E-state index is 13.0. The summed E-state index contributed by atoms with van der Waals surface area (Å²) in [6.45, 7) is 6.94. The number of nitrogens with one attached hydrogen (secondary N) is 1. The highest BCUT2D eigenvalue weighted by Crippen LogP contribution is 2.24. The minimum atomic E-state index is -0.295. The Morgan fingerprint density at radius 2 is 1.67 bits per heavy atom. The maximum Gasteiger partial charge on any atom is 0.246 e. The number of carbonyl (C=O) groups is 1. The summed E-state index contributed by atoms with van der Waals surface area (Å²) < 4.78 is 5.44. The first-order valence-electron chi connectivity index (χ1n) is 8.39. The number of amides is 1. The monoisotopic (exact) mass is 324 g/mol. The lowest BCUT2D eigenvalue weighted by atomic mass is 10.0. The summed E-state index contributed by atoms with van der Waals surface area (Å²) in [5.41, 5.74) is 4.16. The van der Waals surface area contributed by atoms with Gasteiger partial charge in [0.2, 0.25) is 5.91 Å². The van der Waals surface area contributed by atoms with E-state index in [1.807, 2.05) is 56.3 Å². The van der Waals surface area contributed by atoms with Gasteiger partial charge in [-0.25, -0.2) is 0 Å². The SMILES string of the molecule is Cc1cc(C)cc(NC(=O)[C@@H](c2ccccc2)N2CCOCC2)c1. The molecule has 0 radical (unpaired) electrons. The summed E-state index contributed by atoms with van der Waals surface area (Å²) in [6, 6.07) is 15.8. The van der Waals surface area contributed by atoms with Crippen molar-refractivity contribution in [1.82, 2.24) is 4.90 Å². The lowest BCUT2D eigenvalue weighted by Gasteiger charge is -2.33. The third kappa shape index (κ3) is 4.02. The highest BCUT2D eigenvalue weighted by atomic mass is 16.5. The van der Waals surface area contributed by atoms with Crippen molar-refractivity contribution >= 4 is 11.6 Å². The molecule has 3 rings (SSSR count). The van der Waals surface area contributed by atoms with Gasteiger partial charge >= 0.3 is 0 Å². The Morgan fingerprint density at radius 3 is 2.29 bits per heavy atom. The third-order valence-corrected chi connectivity index (χ3v) is 4.26. The van der Waals surface area contributed by atoms with Gasteiger partial charge < -0.3 is 10.1 Å². The van der Waals surface area contributed by atoms with E-state index in [1.54, 1.807) is 0 Å². The average molecular weight is 324 g/mol. The summed E-state index contributed by atoms with van der Waals surface area (Å²) >= 11 is 0. The number of ether oxygens (including phenoxy) is 1. The van der Waals surface area contributed by atoms with Crippen molar-refractivity contribution in [3.63, 3.8) is 0 Å². The van der Waals surface area contributed by atoms with Crippen LogP contribution >= 0.6 is 0 Å². The standard InChI is InChI=1S/C20H24N2O2/c1-15-12-16(2)14-18(13-15)21-20(23)19(17-6-4-3-5-7-17)22-8-10-24-11-9-22/h3-7,12-14,19H,8-11H2,1-2H3,(H,21,23)/t19-/m1/s1. The van der Waals surface area contributed by atoms with E-state index in [0.29, 0.717) is 13.2 Å². The Hall–Kier alpha value is -2.17. The number of anilines is 1. The van der Waals surface area contributed by atoms with Crippen LogP contribution in [0.1, 0.15) is 22.7 Å². The van der Waals surface area contributed by atoms with Crippen LogP contribution in [-0.2, 0) is 9.53 Å². The lowest BCUT2D eigenvalue weighted by Crippen LogP contribution is -2.43. The molecule has 1 aliphatic heterocycles. The number of hydrogen-bond donors (Lipinski definition) is 1. The Kier molecular flexibility index (Phi) is 5.28. The molecule has 0 spiro atoms. The van der Waals surface area contributed by atoms with Gasteiger partial charge in [0.1, 0.15) is 6.04 Å². The highest BCUT2D eigenvalue weighted by molar-refractivity contribution is 5.95. The van der Waals surface area contributed by atoms with Crippen LogP contribution in [0, 0.1) is 13.8 Å². The van der Waals surface area contributed by atoms with Gasteiger partial charge in [-0.2, -0.15) is 0 Å². The first-order valence-corrected chi connectivity index (χ1v) is 8.39. The van der Waals surface area contributed by atoms with Gasteiger partial charge in [-0.05, 0) is 42.7 Å². The minimum Gasteiger partial charge on any atom is -0.379 e. The van der Waals surface area contributed by atoms with Crippen LogP contribution in [0.25, 0.3) is 0 Å². The number of morpholine rings is 1. The zero-order valence-corrected chi connectivity index (χ0v) is 14.3. The van der Waals surface area contributed by atoms with Gasteiger partial charge in [0, 0.05) is 18.8 Å². The van der Waals surface area contributed by atoms with Crippen molar-refractivity contribution in [1.29, 1.82) is 0 Å². The molecule has 1 amide bonds. The molecule has 24 heavy (non-hydrogen) atoms. The first kappa shape index (κ1) is 16.7. The fraction of sp³-hybridized carbons (Fsp3) is 0.350. The summed E-state index contributed by atoms with van der Waals surface area (Å²) in [5, 5.41) is 3.10. The van der Waals surface area contributed by atoms with Crippen LogP contribution < -0.4 is 5.32 Å². The molecule has 2 aromatic carbocycles. The fourth-order valence-electron chi connectivity index (χ4n) is 3.26. The second-order valence-corrected chi connectivity index (χ2v) is 6.33. The molecular formula is C20H24N2O2. The van der Waals surface area contributed by atoms with Crippen molar-refractivity contribution in [3.8, 4) is 0 Å². The molecule has 0 saturated carbocycles. The number of hydrogen-bond acceptors (Lipinski definition) is 3. The molecule has 0 bridgehead atoms. The smallest absolute Gasteiger partial charge is 0.246 e. The van der Waals surface area contributed by atoms with Crippen molar-refractivity contribution < 1.29 is 9.53 Å². The minimum absolute atomic E-state index is 0.00750.